The maximum atomic E-state index is 13.3. The maximum absolute atomic E-state index is 13.3. The summed E-state index contributed by atoms with van der Waals surface area (Å²) in [6, 6.07) is 4.25. The highest BCUT2D eigenvalue weighted by Gasteiger charge is 2.22. The van der Waals surface area contributed by atoms with Crippen LogP contribution in [0.1, 0.15) is 37.7 Å². The van der Waals surface area contributed by atoms with Gasteiger partial charge in [-0.25, -0.2) is 9.18 Å². The average Bonchev–Trinajstić information content (AvgIpc) is 2.82. The molecule has 1 aromatic carbocycles. The number of halogens is 2. The fourth-order valence-electron chi connectivity index (χ4n) is 2.33. The third-order valence-corrected chi connectivity index (χ3v) is 4.27. The van der Waals surface area contributed by atoms with Crippen LogP contribution in [0.15, 0.2) is 22.7 Å². The molecule has 0 atom stereocenters. The molecular formula is C16H16BrFN2O3. The molecule has 5 nitrogen and oxygen atoms in total. The van der Waals surface area contributed by atoms with Crippen LogP contribution in [0.4, 0.5) is 4.39 Å². The summed E-state index contributed by atoms with van der Waals surface area (Å²) >= 11 is 3.31. The second-order valence-corrected chi connectivity index (χ2v) is 5.89. The molecule has 0 radical (unpaired) electrons. The van der Waals surface area contributed by atoms with Crippen molar-refractivity contribution in [3.8, 4) is 0 Å². The van der Waals surface area contributed by atoms with Crippen molar-refractivity contribution < 1.29 is 18.7 Å². The summed E-state index contributed by atoms with van der Waals surface area (Å²) in [5.74, 6) is -1.25. The van der Waals surface area contributed by atoms with Crippen molar-refractivity contribution in [1.82, 2.24) is 10.3 Å². The molecule has 0 saturated carbocycles. The van der Waals surface area contributed by atoms with Gasteiger partial charge >= 0.3 is 5.97 Å². The van der Waals surface area contributed by atoms with E-state index in [-0.39, 0.29) is 24.0 Å². The first-order valence-electron chi connectivity index (χ1n) is 6.84. The van der Waals surface area contributed by atoms with Crippen LogP contribution in [0, 0.1) is 19.7 Å². The van der Waals surface area contributed by atoms with E-state index in [9.17, 15) is 14.0 Å². The number of hydrogen-bond acceptors (Lipinski definition) is 3. The minimum atomic E-state index is -0.497. The SMILES string of the molecule is COC(=O)c1c(C)[nH]c(C(=O)NCc2cc(F)ccc2Br)c1C. The van der Waals surface area contributed by atoms with Gasteiger partial charge in [-0.15, -0.1) is 0 Å². The molecular weight excluding hydrogens is 367 g/mol. The lowest BCUT2D eigenvalue weighted by Gasteiger charge is -2.07. The van der Waals surface area contributed by atoms with Gasteiger partial charge in [0.15, 0.2) is 0 Å². The topological polar surface area (TPSA) is 71.2 Å². The van der Waals surface area contributed by atoms with E-state index in [1.165, 1.54) is 19.2 Å². The number of aromatic amines is 1. The number of aryl methyl sites for hydroxylation is 1. The fourth-order valence-corrected chi connectivity index (χ4v) is 2.71. The highest BCUT2D eigenvalue weighted by atomic mass is 79.9. The summed E-state index contributed by atoms with van der Waals surface area (Å²) in [4.78, 5) is 26.9. The van der Waals surface area contributed by atoms with Crippen molar-refractivity contribution in [3.05, 3.63) is 56.6 Å². The Morgan fingerprint density at radius 1 is 1.35 bits per heavy atom. The first-order chi connectivity index (χ1) is 10.8. The van der Waals surface area contributed by atoms with Gasteiger partial charge in [0.05, 0.1) is 12.7 Å². The van der Waals surface area contributed by atoms with Gasteiger partial charge in [-0.1, -0.05) is 15.9 Å². The number of amides is 1. The normalized spacial score (nSPS) is 10.5. The molecule has 0 aliphatic heterocycles. The van der Waals surface area contributed by atoms with E-state index in [4.69, 9.17) is 4.74 Å². The Bertz CT molecular complexity index is 771. The Balaban J connectivity index is 2.19. The standard InChI is InChI=1S/C16H16BrFN2O3/c1-8-13(16(22)23-3)9(2)20-14(8)15(21)19-7-10-6-11(18)4-5-12(10)17/h4-6,20H,7H2,1-3H3,(H,19,21). The van der Waals surface area contributed by atoms with Crippen molar-refractivity contribution in [1.29, 1.82) is 0 Å². The molecule has 0 aliphatic rings. The van der Waals surface area contributed by atoms with E-state index in [2.05, 4.69) is 26.2 Å². The molecule has 2 N–H and O–H groups in total. The number of H-pyrrole nitrogens is 1. The lowest BCUT2D eigenvalue weighted by molar-refractivity contribution is 0.0599. The monoisotopic (exact) mass is 382 g/mol. The Kier molecular flexibility index (Phi) is 5.20. The minimum Gasteiger partial charge on any atom is -0.465 e. The van der Waals surface area contributed by atoms with E-state index in [1.54, 1.807) is 19.9 Å². The zero-order valence-electron chi connectivity index (χ0n) is 12.9. The summed E-state index contributed by atoms with van der Waals surface area (Å²) in [6.45, 7) is 3.52. The molecule has 2 aromatic rings. The van der Waals surface area contributed by atoms with Crippen molar-refractivity contribution in [3.63, 3.8) is 0 Å². The molecule has 23 heavy (non-hydrogen) atoms. The molecule has 0 unspecified atom stereocenters. The van der Waals surface area contributed by atoms with Crippen LogP contribution in [0.25, 0.3) is 0 Å². The Hall–Kier alpha value is -2.15. The molecule has 7 heteroatoms. The number of nitrogens with one attached hydrogen (secondary N) is 2. The third-order valence-electron chi connectivity index (χ3n) is 3.50. The van der Waals surface area contributed by atoms with Gasteiger partial charge in [0.1, 0.15) is 11.5 Å². The van der Waals surface area contributed by atoms with Gasteiger partial charge in [-0.2, -0.15) is 0 Å². The number of carbonyl (C=O) groups excluding carboxylic acids is 2. The van der Waals surface area contributed by atoms with E-state index >= 15 is 0 Å². The third kappa shape index (κ3) is 3.61. The molecule has 0 aliphatic carbocycles. The molecule has 0 bridgehead atoms. The van der Waals surface area contributed by atoms with Gasteiger partial charge < -0.3 is 15.0 Å². The van der Waals surface area contributed by atoms with E-state index in [1.807, 2.05) is 0 Å². The maximum Gasteiger partial charge on any atom is 0.339 e. The number of methoxy groups -OCH3 is 1. The lowest BCUT2D eigenvalue weighted by atomic mass is 10.1. The van der Waals surface area contributed by atoms with E-state index in [0.717, 1.165) is 0 Å². The highest BCUT2D eigenvalue weighted by molar-refractivity contribution is 9.10. The lowest BCUT2D eigenvalue weighted by Crippen LogP contribution is -2.24. The number of benzene rings is 1. The molecule has 1 amide bonds. The van der Waals surface area contributed by atoms with Gasteiger partial charge in [-0.3, -0.25) is 4.79 Å². The molecule has 0 saturated heterocycles. The first kappa shape index (κ1) is 17.2. The number of hydrogen-bond donors (Lipinski definition) is 2. The molecule has 2 rings (SSSR count). The van der Waals surface area contributed by atoms with Crippen molar-refractivity contribution in [2.24, 2.45) is 0 Å². The predicted molar refractivity (Wildman–Crippen MR) is 86.9 cm³/mol. The van der Waals surface area contributed by atoms with Crippen molar-refractivity contribution in [2.45, 2.75) is 20.4 Å². The molecule has 1 aromatic heterocycles. The largest absolute Gasteiger partial charge is 0.465 e. The zero-order valence-corrected chi connectivity index (χ0v) is 14.5. The summed E-state index contributed by atoms with van der Waals surface area (Å²) in [6.07, 6.45) is 0. The van der Waals surface area contributed by atoms with Gasteiger partial charge in [0.25, 0.3) is 5.91 Å². The highest BCUT2D eigenvalue weighted by Crippen LogP contribution is 2.20. The van der Waals surface area contributed by atoms with Crippen molar-refractivity contribution >= 4 is 27.8 Å². The quantitative estimate of drug-likeness (QED) is 0.797. The number of ether oxygens (including phenoxy) is 1. The Labute approximate surface area is 141 Å². The van der Waals surface area contributed by atoms with Crippen molar-refractivity contribution in [2.75, 3.05) is 7.11 Å². The van der Waals surface area contributed by atoms with Crippen LogP contribution < -0.4 is 5.32 Å². The van der Waals surface area contributed by atoms with Crippen LogP contribution in [0.2, 0.25) is 0 Å². The number of carbonyl (C=O) groups is 2. The molecule has 0 spiro atoms. The summed E-state index contributed by atoms with van der Waals surface area (Å²) < 4.78 is 18.7. The second-order valence-electron chi connectivity index (χ2n) is 5.03. The van der Waals surface area contributed by atoms with Crippen LogP contribution in [-0.2, 0) is 11.3 Å². The minimum absolute atomic E-state index is 0.155. The van der Waals surface area contributed by atoms with Crippen LogP contribution in [-0.4, -0.2) is 24.0 Å². The van der Waals surface area contributed by atoms with Crippen LogP contribution >= 0.6 is 15.9 Å². The smallest absolute Gasteiger partial charge is 0.339 e. The zero-order chi connectivity index (χ0) is 17.1. The number of rotatable bonds is 4. The molecule has 0 fully saturated rings. The summed E-state index contributed by atoms with van der Waals surface area (Å²) in [5, 5.41) is 2.70. The number of esters is 1. The predicted octanol–water partition coefficient (Wildman–Crippen LogP) is 3.25. The van der Waals surface area contributed by atoms with Gasteiger partial charge in [0.2, 0.25) is 0 Å². The molecule has 122 valence electrons. The van der Waals surface area contributed by atoms with E-state index < -0.39 is 5.97 Å². The van der Waals surface area contributed by atoms with Crippen LogP contribution in [0.5, 0.6) is 0 Å². The second kappa shape index (κ2) is 6.95. The summed E-state index contributed by atoms with van der Waals surface area (Å²) in [5.41, 5.74) is 2.34. The average molecular weight is 383 g/mol. The van der Waals surface area contributed by atoms with Crippen LogP contribution in [0.3, 0.4) is 0 Å². The Morgan fingerprint density at radius 2 is 2.04 bits per heavy atom. The van der Waals surface area contributed by atoms with E-state index in [0.29, 0.717) is 26.9 Å². The number of aromatic nitrogens is 1. The first-order valence-corrected chi connectivity index (χ1v) is 7.64. The fraction of sp³-hybridized carbons (Fsp3) is 0.250. The summed E-state index contributed by atoms with van der Waals surface area (Å²) in [7, 11) is 1.29. The Morgan fingerprint density at radius 3 is 2.70 bits per heavy atom. The molecule has 1 heterocycles. The van der Waals surface area contributed by atoms with Gasteiger partial charge in [0, 0.05) is 16.7 Å². The van der Waals surface area contributed by atoms with Gasteiger partial charge in [-0.05, 0) is 43.2 Å².